The molecule has 0 saturated carbocycles. The molecule has 0 aromatic heterocycles. The molecule has 1 N–H and O–H groups in total. The van der Waals surface area contributed by atoms with Gasteiger partial charge in [0.15, 0.2) is 0 Å². The zero-order valence-corrected chi connectivity index (χ0v) is 12.2. The van der Waals surface area contributed by atoms with Crippen molar-refractivity contribution >= 4 is 13.8 Å². The van der Waals surface area contributed by atoms with Crippen molar-refractivity contribution in [3.63, 3.8) is 0 Å². The summed E-state index contributed by atoms with van der Waals surface area (Å²) in [5, 5.41) is 2.94. The topological polar surface area (TPSA) is 47.6 Å². The minimum Gasteiger partial charge on any atom is -0.424 e. The smallest absolute Gasteiger partial charge is 0.337 e. The quantitative estimate of drug-likeness (QED) is 0.338. The highest BCUT2D eigenvalue weighted by Gasteiger charge is 2.11. The maximum Gasteiger partial charge on any atom is 0.337 e. The van der Waals surface area contributed by atoms with Gasteiger partial charge in [-0.1, -0.05) is 24.0 Å². The Balaban J connectivity index is 2.59. The predicted molar refractivity (Wildman–Crippen MR) is 78.5 cm³/mol. The number of nitrogens with one attached hydrogen (secondary N) is 1. The first-order chi connectivity index (χ1) is 9.08. The third kappa shape index (κ3) is 5.05. The Morgan fingerprint density at radius 3 is 2.47 bits per heavy atom. The molecule has 0 unspecified atom stereocenters. The van der Waals surface area contributed by atoms with Gasteiger partial charge >= 0.3 is 5.97 Å². The molecule has 1 aromatic carbocycles. The van der Waals surface area contributed by atoms with E-state index in [0.717, 1.165) is 24.0 Å². The molecule has 0 radical (unpaired) electrons. The van der Waals surface area contributed by atoms with E-state index in [9.17, 15) is 4.79 Å². The fraction of sp³-hybridized carbons (Fsp3) is 0.500. The van der Waals surface area contributed by atoms with Crippen LogP contribution in [0.2, 0.25) is 0 Å². The van der Waals surface area contributed by atoms with E-state index >= 15 is 0 Å². The maximum absolute atomic E-state index is 11.7. The highest BCUT2D eigenvalue weighted by atomic mass is 16.6. The molecular weight excluding hydrogens is 241 g/mol. The zero-order chi connectivity index (χ0) is 14.3. The van der Waals surface area contributed by atoms with Crippen LogP contribution in [-0.2, 0) is 15.9 Å². The molecule has 0 amide bonds. The fourth-order valence-electron chi connectivity index (χ4n) is 1.88. The SMILES string of the molecule is BCc1cc(C)c(OC(=O)COCCNC)c(C)c1. The Kier molecular flexibility index (Phi) is 6.60. The van der Waals surface area contributed by atoms with Crippen LogP contribution in [0.3, 0.4) is 0 Å². The Bertz CT molecular complexity index is 412. The predicted octanol–water partition coefficient (Wildman–Crippen LogP) is 0.578. The van der Waals surface area contributed by atoms with Crippen LogP contribution in [-0.4, -0.2) is 40.6 Å². The van der Waals surface area contributed by atoms with E-state index in [0.29, 0.717) is 12.4 Å². The van der Waals surface area contributed by atoms with Gasteiger partial charge in [0.2, 0.25) is 0 Å². The van der Waals surface area contributed by atoms with Crippen molar-refractivity contribution in [2.75, 3.05) is 26.8 Å². The van der Waals surface area contributed by atoms with Crippen LogP contribution in [0.25, 0.3) is 0 Å². The minimum absolute atomic E-state index is 0.0178. The van der Waals surface area contributed by atoms with Gasteiger partial charge in [-0.2, -0.15) is 0 Å². The minimum atomic E-state index is -0.355. The molecule has 104 valence electrons. The number of benzene rings is 1. The van der Waals surface area contributed by atoms with Crippen LogP contribution in [0.1, 0.15) is 16.7 Å². The van der Waals surface area contributed by atoms with Gasteiger partial charge in [0.05, 0.1) is 6.61 Å². The van der Waals surface area contributed by atoms with Crippen LogP contribution < -0.4 is 10.1 Å². The normalized spacial score (nSPS) is 10.5. The number of esters is 1. The van der Waals surface area contributed by atoms with E-state index in [-0.39, 0.29) is 12.6 Å². The van der Waals surface area contributed by atoms with E-state index in [2.05, 4.69) is 25.3 Å². The van der Waals surface area contributed by atoms with Gasteiger partial charge < -0.3 is 14.8 Å². The van der Waals surface area contributed by atoms with Crippen LogP contribution in [0.5, 0.6) is 5.75 Å². The largest absolute Gasteiger partial charge is 0.424 e. The summed E-state index contributed by atoms with van der Waals surface area (Å²) in [5.41, 5.74) is 3.22. The second kappa shape index (κ2) is 7.97. The van der Waals surface area contributed by atoms with E-state index in [1.807, 2.05) is 20.9 Å². The van der Waals surface area contributed by atoms with Gasteiger partial charge in [-0.05, 0) is 32.0 Å². The monoisotopic (exact) mass is 263 g/mol. The molecule has 5 heteroatoms. The molecule has 0 aliphatic carbocycles. The van der Waals surface area contributed by atoms with Gasteiger partial charge in [-0.25, -0.2) is 4.79 Å². The van der Waals surface area contributed by atoms with Gasteiger partial charge in [-0.3, -0.25) is 0 Å². The second-order valence-corrected chi connectivity index (χ2v) is 4.54. The lowest BCUT2D eigenvalue weighted by Gasteiger charge is -2.12. The molecule has 19 heavy (non-hydrogen) atoms. The number of aryl methyl sites for hydroxylation is 2. The lowest BCUT2D eigenvalue weighted by molar-refractivity contribution is -0.139. The fourth-order valence-corrected chi connectivity index (χ4v) is 1.88. The summed E-state index contributed by atoms with van der Waals surface area (Å²) in [5.74, 6) is 0.297. The van der Waals surface area contributed by atoms with Crippen molar-refractivity contribution in [3.05, 3.63) is 28.8 Å². The van der Waals surface area contributed by atoms with Crippen molar-refractivity contribution in [3.8, 4) is 5.75 Å². The highest BCUT2D eigenvalue weighted by molar-refractivity contribution is 6.08. The number of ether oxygens (including phenoxy) is 2. The first-order valence-electron chi connectivity index (χ1n) is 6.61. The summed E-state index contributed by atoms with van der Waals surface area (Å²) < 4.78 is 10.6. The van der Waals surface area contributed by atoms with E-state index in [4.69, 9.17) is 9.47 Å². The van der Waals surface area contributed by atoms with Crippen LogP contribution in [0.4, 0.5) is 0 Å². The summed E-state index contributed by atoms with van der Waals surface area (Å²) in [6, 6.07) is 4.11. The molecule has 0 aliphatic rings. The van der Waals surface area contributed by atoms with E-state index in [1.54, 1.807) is 0 Å². The molecular formula is C14H22BNO3. The number of carbonyl (C=O) groups excluding carboxylic acids is 1. The Labute approximate surface area is 115 Å². The van der Waals surface area contributed by atoms with Crippen LogP contribution >= 0.6 is 0 Å². The highest BCUT2D eigenvalue weighted by Crippen LogP contribution is 2.24. The summed E-state index contributed by atoms with van der Waals surface area (Å²) in [6.07, 6.45) is 0.975. The molecule has 0 heterocycles. The Morgan fingerprint density at radius 2 is 1.95 bits per heavy atom. The van der Waals surface area contributed by atoms with Crippen molar-refractivity contribution < 1.29 is 14.3 Å². The van der Waals surface area contributed by atoms with E-state index in [1.165, 1.54) is 5.56 Å². The van der Waals surface area contributed by atoms with Crippen molar-refractivity contribution in [2.45, 2.75) is 20.2 Å². The van der Waals surface area contributed by atoms with Gasteiger partial charge in [0.25, 0.3) is 0 Å². The number of hydrogen-bond donors (Lipinski definition) is 1. The summed E-state index contributed by atoms with van der Waals surface area (Å²) in [7, 11) is 3.94. The molecule has 0 fully saturated rings. The number of carbonyl (C=O) groups is 1. The van der Waals surface area contributed by atoms with Gasteiger partial charge in [0.1, 0.15) is 20.2 Å². The molecule has 1 rings (SSSR count). The van der Waals surface area contributed by atoms with Crippen molar-refractivity contribution in [2.24, 2.45) is 0 Å². The summed E-state index contributed by atoms with van der Waals surface area (Å²) >= 11 is 0. The number of rotatable bonds is 7. The molecule has 1 aromatic rings. The summed E-state index contributed by atoms with van der Waals surface area (Å²) in [4.78, 5) is 11.7. The molecule has 4 nitrogen and oxygen atoms in total. The molecule has 0 aliphatic heterocycles. The summed E-state index contributed by atoms with van der Waals surface area (Å²) in [6.45, 7) is 5.11. The number of hydrogen-bond acceptors (Lipinski definition) is 4. The van der Waals surface area contributed by atoms with E-state index < -0.39 is 0 Å². The van der Waals surface area contributed by atoms with Crippen molar-refractivity contribution in [1.29, 1.82) is 0 Å². The van der Waals surface area contributed by atoms with Crippen molar-refractivity contribution in [1.82, 2.24) is 5.32 Å². The zero-order valence-electron chi connectivity index (χ0n) is 12.2. The van der Waals surface area contributed by atoms with Gasteiger partial charge in [-0.15, -0.1) is 0 Å². The van der Waals surface area contributed by atoms with Crippen LogP contribution in [0, 0.1) is 13.8 Å². The molecule has 0 spiro atoms. The van der Waals surface area contributed by atoms with Crippen LogP contribution in [0.15, 0.2) is 12.1 Å². The lowest BCUT2D eigenvalue weighted by Crippen LogP contribution is -2.21. The first-order valence-corrected chi connectivity index (χ1v) is 6.61. The van der Waals surface area contributed by atoms with Gasteiger partial charge in [0, 0.05) is 6.54 Å². The number of likely N-dealkylation sites (N-methyl/N-ethyl adjacent to an activating group) is 1. The maximum atomic E-state index is 11.7. The lowest BCUT2D eigenvalue weighted by atomic mass is 9.94. The average molecular weight is 263 g/mol. The molecule has 0 saturated heterocycles. The standard InChI is InChI=1S/C14H22BNO3/c1-10-6-12(8-15)7-11(2)14(10)19-13(17)9-18-5-4-16-3/h6-7,16H,4-5,8-9,15H2,1-3H3. The second-order valence-electron chi connectivity index (χ2n) is 4.54. The molecule has 0 bridgehead atoms. The average Bonchev–Trinajstić information content (AvgIpc) is 2.38. The third-order valence-electron chi connectivity index (χ3n) is 2.86. The first kappa shape index (κ1) is 15.7. The third-order valence-corrected chi connectivity index (χ3v) is 2.86. The molecule has 0 atom stereocenters. The Morgan fingerprint density at radius 1 is 1.32 bits per heavy atom. The Hall–Kier alpha value is -1.33.